The molecule has 32 heavy (non-hydrogen) atoms. The Morgan fingerprint density at radius 1 is 0.688 bits per heavy atom. The Morgan fingerprint density at radius 2 is 1.25 bits per heavy atom. The van der Waals surface area contributed by atoms with E-state index in [0.717, 1.165) is 38.5 Å². The van der Waals surface area contributed by atoms with E-state index in [1.54, 1.807) is 30.3 Å². The van der Waals surface area contributed by atoms with Crippen molar-refractivity contribution in [2.75, 3.05) is 11.9 Å². The number of carbonyl (C=O) groups is 4. The third-order valence-corrected chi connectivity index (χ3v) is 5.18. The van der Waals surface area contributed by atoms with Crippen molar-refractivity contribution >= 4 is 29.1 Å². The Bertz CT molecular complexity index is 906. The van der Waals surface area contributed by atoms with E-state index in [2.05, 4.69) is 10.6 Å². The summed E-state index contributed by atoms with van der Waals surface area (Å²) in [4.78, 5) is 47.4. The number of unbranched alkanes of at least 4 members (excludes halogenated alkanes) is 5. The van der Waals surface area contributed by atoms with Crippen LogP contribution in [0.4, 0.5) is 5.69 Å². The average Bonchev–Trinajstić information content (AvgIpc) is 2.78. The molecule has 0 saturated carbocycles. The molecule has 0 spiro atoms. The Balaban J connectivity index is 1.58. The summed E-state index contributed by atoms with van der Waals surface area (Å²) >= 11 is 0. The maximum absolute atomic E-state index is 12.2. The first-order valence-corrected chi connectivity index (χ1v) is 11.2. The normalized spacial score (nSPS) is 10.4. The third kappa shape index (κ3) is 8.84. The highest BCUT2D eigenvalue weighted by Crippen LogP contribution is 2.17. The monoisotopic (exact) mass is 436 g/mol. The molecular formula is C26H32N2O4. The lowest BCUT2D eigenvalue weighted by molar-refractivity contribution is -0.116. The van der Waals surface area contributed by atoms with E-state index in [4.69, 9.17) is 0 Å². The SMILES string of the molecule is CC(=O)c1cc(NC(=O)CCCCCCCCNC(=O)c2ccccc2)cc(C(C)=O)c1. The zero-order chi connectivity index (χ0) is 23.3. The van der Waals surface area contributed by atoms with Crippen LogP contribution in [0.25, 0.3) is 0 Å². The quantitative estimate of drug-likeness (QED) is 0.334. The van der Waals surface area contributed by atoms with Crippen LogP contribution in [0.15, 0.2) is 48.5 Å². The van der Waals surface area contributed by atoms with Gasteiger partial charge in [0.25, 0.3) is 5.91 Å². The van der Waals surface area contributed by atoms with Crippen LogP contribution in [0, 0.1) is 0 Å². The van der Waals surface area contributed by atoms with Crippen LogP contribution in [0.1, 0.15) is 89.9 Å². The van der Waals surface area contributed by atoms with Gasteiger partial charge in [-0.05, 0) is 57.0 Å². The highest BCUT2D eigenvalue weighted by molar-refractivity contribution is 6.02. The fourth-order valence-corrected chi connectivity index (χ4v) is 3.34. The molecule has 2 aromatic rings. The topological polar surface area (TPSA) is 92.3 Å². The van der Waals surface area contributed by atoms with Crippen LogP contribution in [0.2, 0.25) is 0 Å². The molecular weight excluding hydrogens is 404 g/mol. The first-order chi connectivity index (χ1) is 15.4. The second-order valence-electron chi connectivity index (χ2n) is 7.95. The van der Waals surface area contributed by atoms with E-state index >= 15 is 0 Å². The van der Waals surface area contributed by atoms with Gasteiger partial charge in [0.15, 0.2) is 11.6 Å². The Hall–Kier alpha value is -3.28. The number of rotatable bonds is 13. The molecule has 170 valence electrons. The minimum absolute atomic E-state index is 0.0409. The lowest BCUT2D eigenvalue weighted by Crippen LogP contribution is -2.24. The number of nitrogens with one attached hydrogen (secondary N) is 2. The van der Waals surface area contributed by atoms with Crippen LogP contribution in [-0.4, -0.2) is 29.9 Å². The molecule has 6 heteroatoms. The number of hydrogen-bond donors (Lipinski definition) is 2. The van der Waals surface area contributed by atoms with Gasteiger partial charge in [0, 0.05) is 35.3 Å². The number of ketones is 2. The van der Waals surface area contributed by atoms with E-state index in [0.29, 0.717) is 35.3 Å². The highest BCUT2D eigenvalue weighted by atomic mass is 16.2. The summed E-state index contributed by atoms with van der Waals surface area (Å²) in [6.07, 6.45) is 6.20. The standard InChI is InChI=1S/C26H32N2O4/c1-19(29)22-16-23(20(2)30)18-24(17-22)28-25(31)14-10-5-3-4-6-11-15-27-26(32)21-12-8-7-9-13-21/h7-9,12-13,16-18H,3-6,10-11,14-15H2,1-2H3,(H,27,32)(H,28,31). The Kier molecular flexibility index (Phi) is 10.3. The van der Waals surface area contributed by atoms with Gasteiger partial charge in [0.2, 0.25) is 5.91 Å². The van der Waals surface area contributed by atoms with Crippen molar-refractivity contribution in [2.45, 2.75) is 58.8 Å². The van der Waals surface area contributed by atoms with Gasteiger partial charge < -0.3 is 10.6 Å². The second kappa shape index (κ2) is 13.2. The molecule has 0 fully saturated rings. The molecule has 0 radical (unpaired) electrons. The minimum Gasteiger partial charge on any atom is -0.352 e. The molecule has 2 N–H and O–H groups in total. The number of Topliss-reactive ketones (excluding diaryl/α,β-unsaturated/α-hetero) is 2. The van der Waals surface area contributed by atoms with Gasteiger partial charge in [0.1, 0.15) is 0 Å². The maximum Gasteiger partial charge on any atom is 0.251 e. The number of amides is 2. The number of hydrogen-bond acceptors (Lipinski definition) is 4. The van der Waals surface area contributed by atoms with Gasteiger partial charge in [-0.25, -0.2) is 0 Å². The van der Waals surface area contributed by atoms with Crippen molar-refractivity contribution in [3.8, 4) is 0 Å². The van der Waals surface area contributed by atoms with Crippen LogP contribution in [0.5, 0.6) is 0 Å². The van der Waals surface area contributed by atoms with E-state index < -0.39 is 0 Å². The predicted molar refractivity (Wildman–Crippen MR) is 126 cm³/mol. The van der Waals surface area contributed by atoms with Gasteiger partial charge in [-0.2, -0.15) is 0 Å². The van der Waals surface area contributed by atoms with Crippen LogP contribution in [-0.2, 0) is 4.79 Å². The van der Waals surface area contributed by atoms with Crippen molar-refractivity contribution < 1.29 is 19.2 Å². The van der Waals surface area contributed by atoms with Gasteiger partial charge in [-0.3, -0.25) is 19.2 Å². The molecule has 0 aliphatic rings. The lowest BCUT2D eigenvalue weighted by atomic mass is 10.0. The summed E-state index contributed by atoms with van der Waals surface area (Å²) in [7, 11) is 0. The van der Waals surface area contributed by atoms with Gasteiger partial charge >= 0.3 is 0 Å². The minimum atomic E-state index is -0.150. The highest BCUT2D eigenvalue weighted by Gasteiger charge is 2.10. The van der Waals surface area contributed by atoms with Crippen molar-refractivity contribution in [3.63, 3.8) is 0 Å². The van der Waals surface area contributed by atoms with Crippen molar-refractivity contribution in [1.82, 2.24) is 5.32 Å². The average molecular weight is 437 g/mol. The molecule has 0 saturated heterocycles. The number of benzene rings is 2. The molecule has 6 nitrogen and oxygen atoms in total. The first-order valence-electron chi connectivity index (χ1n) is 11.2. The fourth-order valence-electron chi connectivity index (χ4n) is 3.34. The third-order valence-electron chi connectivity index (χ3n) is 5.18. The lowest BCUT2D eigenvalue weighted by Gasteiger charge is -2.09. The summed E-state index contributed by atoms with van der Waals surface area (Å²) in [5.41, 5.74) is 1.97. The number of carbonyl (C=O) groups excluding carboxylic acids is 4. The summed E-state index contributed by atoms with van der Waals surface area (Å²) < 4.78 is 0. The summed E-state index contributed by atoms with van der Waals surface area (Å²) in [6.45, 7) is 3.53. The predicted octanol–water partition coefficient (Wildman–Crippen LogP) is 5.19. The zero-order valence-corrected chi connectivity index (χ0v) is 18.9. The Labute approximate surface area is 189 Å². The van der Waals surface area contributed by atoms with Crippen molar-refractivity contribution in [2.24, 2.45) is 0 Å². The zero-order valence-electron chi connectivity index (χ0n) is 18.9. The molecule has 0 aliphatic carbocycles. The molecule has 0 heterocycles. The first kappa shape index (κ1) is 25.0. The smallest absolute Gasteiger partial charge is 0.251 e. The molecule has 2 aromatic carbocycles. The van der Waals surface area contributed by atoms with Crippen LogP contribution < -0.4 is 10.6 Å². The molecule has 0 unspecified atom stereocenters. The van der Waals surface area contributed by atoms with E-state index in [1.165, 1.54) is 13.8 Å². The van der Waals surface area contributed by atoms with Crippen LogP contribution in [0.3, 0.4) is 0 Å². The largest absolute Gasteiger partial charge is 0.352 e. The fraction of sp³-hybridized carbons (Fsp3) is 0.385. The van der Waals surface area contributed by atoms with Gasteiger partial charge in [0.05, 0.1) is 0 Å². The number of anilines is 1. The molecule has 2 amide bonds. The van der Waals surface area contributed by atoms with E-state index in [1.807, 2.05) is 18.2 Å². The van der Waals surface area contributed by atoms with E-state index in [9.17, 15) is 19.2 Å². The van der Waals surface area contributed by atoms with Gasteiger partial charge in [-0.15, -0.1) is 0 Å². The summed E-state index contributed by atoms with van der Waals surface area (Å²) in [5.74, 6) is -0.462. The summed E-state index contributed by atoms with van der Waals surface area (Å²) in [5, 5.41) is 5.72. The second-order valence-corrected chi connectivity index (χ2v) is 7.95. The van der Waals surface area contributed by atoms with Gasteiger partial charge in [-0.1, -0.05) is 43.9 Å². The molecule has 0 aromatic heterocycles. The maximum atomic E-state index is 12.2. The van der Waals surface area contributed by atoms with Crippen molar-refractivity contribution in [1.29, 1.82) is 0 Å². The van der Waals surface area contributed by atoms with E-state index in [-0.39, 0.29) is 23.4 Å². The van der Waals surface area contributed by atoms with Crippen molar-refractivity contribution in [3.05, 3.63) is 65.2 Å². The molecule has 0 atom stereocenters. The molecule has 0 aliphatic heterocycles. The van der Waals surface area contributed by atoms with Crippen LogP contribution >= 0.6 is 0 Å². The summed E-state index contributed by atoms with van der Waals surface area (Å²) in [6, 6.07) is 13.9. The Morgan fingerprint density at radius 3 is 1.84 bits per heavy atom. The molecule has 2 rings (SSSR count). The molecule has 0 bridgehead atoms.